The molecular weight excluding hydrogens is 336 g/mol. The minimum Gasteiger partial charge on any atom is -0.136 e. The van der Waals surface area contributed by atoms with Crippen LogP contribution in [-0.2, 0) is 0 Å². The predicted molar refractivity (Wildman–Crippen MR) is 112 cm³/mol. The summed E-state index contributed by atoms with van der Waals surface area (Å²) >= 11 is 6.10. The summed E-state index contributed by atoms with van der Waals surface area (Å²) in [4.78, 5) is 1.49. The van der Waals surface area contributed by atoms with Gasteiger partial charge < -0.3 is 0 Å². The van der Waals surface area contributed by atoms with Gasteiger partial charge in [-0.25, -0.2) is 0 Å². The average Bonchev–Trinajstić information content (AvgIpc) is 3.03. The van der Waals surface area contributed by atoms with Crippen molar-refractivity contribution in [1.29, 1.82) is 0 Å². The second kappa shape index (κ2) is 13.7. The molecule has 0 aliphatic rings. The van der Waals surface area contributed by atoms with Crippen molar-refractivity contribution in [2.24, 2.45) is 11.8 Å². The second-order valence-corrected chi connectivity index (χ2v) is 9.88. The molecule has 1 aromatic heterocycles. The van der Waals surface area contributed by atoms with Crippen LogP contribution in [0.2, 0.25) is 0 Å². The van der Waals surface area contributed by atoms with E-state index in [9.17, 15) is 0 Å². The number of hydrogen-bond acceptors (Lipinski definition) is 3. The number of unbranched alkanes of at least 4 members (excludes halogenated alkanes) is 2. The molecule has 0 N–H and O–H groups in total. The summed E-state index contributed by atoms with van der Waals surface area (Å²) in [5, 5.41) is 2.37. The van der Waals surface area contributed by atoms with E-state index in [1.165, 1.54) is 72.0 Å². The fourth-order valence-electron chi connectivity index (χ4n) is 2.66. The van der Waals surface area contributed by atoms with Crippen molar-refractivity contribution in [3.05, 3.63) is 11.4 Å². The summed E-state index contributed by atoms with van der Waals surface area (Å²) in [7, 11) is 0. The number of rotatable bonds is 14. The molecule has 0 aliphatic heterocycles. The monoisotopic (exact) mass is 372 g/mol. The van der Waals surface area contributed by atoms with Crippen molar-refractivity contribution in [2.45, 2.75) is 88.2 Å². The van der Waals surface area contributed by atoms with Crippen LogP contribution in [0.4, 0.5) is 0 Å². The molecule has 0 aromatic carbocycles. The van der Waals surface area contributed by atoms with Crippen LogP contribution in [0, 0.1) is 11.8 Å². The lowest BCUT2D eigenvalue weighted by atomic mass is 10.0. The van der Waals surface area contributed by atoms with Gasteiger partial charge in [-0.1, -0.05) is 66.2 Å². The van der Waals surface area contributed by atoms with Gasteiger partial charge >= 0.3 is 0 Å². The lowest BCUT2D eigenvalue weighted by molar-refractivity contribution is 0.499. The second-order valence-electron chi connectivity index (χ2n) is 6.56. The van der Waals surface area contributed by atoms with Crippen molar-refractivity contribution < 1.29 is 0 Å². The quantitative estimate of drug-likeness (QED) is 0.301. The molecule has 23 heavy (non-hydrogen) atoms. The standard InChI is InChI=1S/C20H36S3/c1-5-9-11-17(7-3)14-21-19-13-20(23-16-19)22-15-18(8-4)12-10-6-2/h13,16-18H,5-12,14-15H2,1-4H3. The zero-order chi connectivity index (χ0) is 16.9. The van der Waals surface area contributed by atoms with Crippen molar-refractivity contribution >= 4 is 34.9 Å². The van der Waals surface area contributed by atoms with Crippen LogP contribution in [0.5, 0.6) is 0 Å². The molecule has 0 spiro atoms. The summed E-state index contributed by atoms with van der Waals surface area (Å²) in [6, 6.07) is 2.43. The third-order valence-electron chi connectivity index (χ3n) is 4.58. The van der Waals surface area contributed by atoms with Crippen molar-refractivity contribution in [3.8, 4) is 0 Å². The van der Waals surface area contributed by atoms with Gasteiger partial charge in [-0.2, -0.15) is 0 Å². The van der Waals surface area contributed by atoms with Crippen molar-refractivity contribution in [3.63, 3.8) is 0 Å². The number of thiophene rings is 1. The zero-order valence-electron chi connectivity index (χ0n) is 15.6. The van der Waals surface area contributed by atoms with Crippen LogP contribution in [-0.4, -0.2) is 11.5 Å². The Bertz CT molecular complexity index is 351. The Balaban J connectivity index is 2.33. The van der Waals surface area contributed by atoms with E-state index in [2.05, 4.69) is 62.7 Å². The molecule has 2 unspecified atom stereocenters. The van der Waals surface area contributed by atoms with Gasteiger partial charge in [0.2, 0.25) is 0 Å². The first-order valence-electron chi connectivity index (χ1n) is 9.57. The third-order valence-corrected chi connectivity index (χ3v) is 8.35. The highest BCUT2D eigenvalue weighted by molar-refractivity contribution is 8.01. The summed E-state index contributed by atoms with van der Waals surface area (Å²) in [5.74, 6) is 4.40. The van der Waals surface area contributed by atoms with Crippen LogP contribution < -0.4 is 0 Å². The smallest absolute Gasteiger partial charge is 0.0610 e. The summed E-state index contributed by atoms with van der Waals surface area (Å²) in [6.45, 7) is 9.29. The zero-order valence-corrected chi connectivity index (χ0v) is 18.1. The Morgan fingerprint density at radius 2 is 1.43 bits per heavy atom. The molecule has 1 rings (SSSR count). The molecule has 1 heterocycles. The normalized spacial score (nSPS) is 14.1. The predicted octanol–water partition coefficient (Wildman–Crippen LogP) is 8.37. The van der Waals surface area contributed by atoms with Crippen LogP contribution >= 0.6 is 34.9 Å². The highest BCUT2D eigenvalue weighted by atomic mass is 32.2. The Morgan fingerprint density at radius 3 is 1.96 bits per heavy atom. The summed E-state index contributed by atoms with van der Waals surface area (Å²) in [5.41, 5.74) is 0. The first-order valence-corrected chi connectivity index (χ1v) is 12.4. The minimum absolute atomic E-state index is 0.898. The Morgan fingerprint density at radius 1 is 0.870 bits per heavy atom. The summed E-state index contributed by atoms with van der Waals surface area (Å²) < 4.78 is 1.52. The minimum atomic E-state index is 0.898. The van der Waals surface area contributed by atoms with E-state index in [0.717, 1.165) is 11.8 Å². The van der Waals surface area contributed by atoms with Crippen LogP contribution in [0.25, 0.3) is 0 Å². The van der Waals surface area contributed by atoms with E-state index >= 15 is 0 Å². The SMILES string of the molecule is CCCCC(CC)CSc1csc(SCC(CC)CCCC)c1. The summed E-state index contributed by atoms with van der Waals surface area (Å²) in [6.07, 6.45) is 10.9. The van der Waals surface area contributed by atoms with Gasteiger partial charge in [0.15, 0.2) is 0 Å². The molecule has 0 aliphatic carbocycles. The van der Waals surface area contributed by atoms with Crippen molar-refractivity contribution in [2.75, 3.05) is 11.5 Å². The average molecular weight is 373 g/mol. The van der Waals surface area contributed by atoms with Gasteiger partial charge in [0.1, 0.15) is 0 Å². The number of hydrogen-bond donors (Lipinski definition) is 0. The van der Waals surface area contributed by atoms with Gasteiger partial charge in [0.05, 0.1) is 4.21 Å². The molecule has 3 heteroatoms. The van der Waals surface area contributed by atoms with E-state index in [1.807, 2.05) is 11.3 Å². The lowest BCUT2D eigenvalue weighted by Crippen LogP contribution is -2.02. The van der Waals surface area contributed by atoms with Crippen molar-refractivity contribution in [1.82, 2.24) is 0 Å². The molecular formula is C20H36S3. The topological polar surface area (TPSA) is 0 Å². The maximum absolute atomic E-state index is 2.43. The van der Waals surface area contributed by atoms with Crippen LogP contribution in [0.15, 0.2) is 20.6 Å². The van der Waals surface area contributed by atoms with Gasteiger partial charge in [0, 0.05) is 21.8 Å². The van der Waals surface area contributed by atoms with Crippen LogP contribution in [0.1, 0.15) is 79.1 Å². The largest absolute Gasteiger partial charge is 0.136 e. The van der Waals surface area contributed by atoms with E-state index in [0.29, 0.717) is 0 Å². The first kappa shape index (κ1) is 21.4. The van der Waals surface area contributed by atoms with Crippen LogP contribution in [0.3, 0.4) is 0 Å². The Labute approximate surface area is 157 Å². The number of thioether (sulfide) groups is 2. The fraction of sp³-hybridized carbons (Fsp3) is 0.800. The maximum Gasteiger partial charge on any atom is 0.0610 e. The highest BCUT2D eigenvalue weighted by Gasteiger charge is 2.10. The van der Waals surface area contributed by atoms with E-state index < -0.39 is 0 Å². The molecule has 2 atom stereocenters. The van der Waals surface area contributed by atoms with Gasteiger partial charge in [-0.15, -0.1) is 34.9 Å². The lowest BCUT2D eigenvalue weighted by Gasteiger charge is -2.13. The third kappa shape index (κ3) is 9.45. The fourth-order valence-corrected chi connectivity index (χ4v) is 6.39. The highest BCUT2D eigenvalue weighted by Crippen LogP contribution is 2.35. The maximum atomic E-state index is 2.43. The van der Waals surface area contributed by atoms with Gasteiger partial charge in [-0.3, -0.25) is 0 Å². The van der Waals surface area contributed by atoms with E-state index in [1.54, 1.807) is 0 Å². The van der Waals surface area contributed by atoms with Gasteiger partial charge in [-0.05, 0) is 30.7 Å². The Kier molecular flexibility index (Phi) is 12.7. The Hall–Kier alpha value is 0.400. The molecule has 0 saturated carbocycles. The molecule has 0 amide bonds. The first-order chi connectivity index (χ1) is 11.2. The molecule has 0 bridgehead atoms. The van der Waals surface area contributed by atoms with E-state index in [-0.39, 0.29) is 0 Å². The molecule has 0 saturated heterocycles. The van der Waals surface area contributed by atoms with Gasteiger partial charge in [0.25, 0.3) is 0 Å². The van der Waals surface area contributed by atoms with E-state index in [4.69, 9.17) is 0 Å². The molecule has 0 nitrogen and oxygen atoms in total. The molecule has 1 aromatic rings. The molecule has 134 valence electrons. The molecule has 0 radical (unpaired) electrons. The molecule has 0 fully saturated rings.